The van der Waals surface area contributed by atoms with Crippen molar-refractivity contribution >= 4 is 46.6 Å². The molecule has 0 aliphatic rings. The molecule has 0 aliphatic carbocycles. The topological polar surface area (TPSA) is 96.5 Å². The first-order chi connectivity index (χ1) is 13.8. The second kappa shape index (κ2) is 10.7. The lowest BCUT2D eigenvalue weighted by atomic mass is 10.1. The van der Waals surface area contributed by atoms with Crippen molar-refractivity contribution in [2.45, 2.75) is 26.7 Å². The van der Waals surface area contributed by atoms with Gasteiger partial charge in [-0.25, -0.2) is 0 Å². The smallest absolute Gasteiger partial charge is 0.276 e. The zero-order valence-electron chi connectivity index (χ0n) is 16.0. The lowest BCUT2D eigenvalue weighted by molar-refractivity contribution is -0.130. The van der Waals surface area contributed by atoms with Gasteiger partial charge in [0.25, 0.3) is 5.91 Å². The van der Waals surface area contributed by atoms with Crippen molar-refractivity contribution in [3.05, 3.63) is 57.6 Å². The second-order valence-corrected chi connectivity index (χ2v) is 7.12. The third kappa shape index (κ3) is 7.29. The highest BCUT2D eigenvalue weighted by molar-refractivity contribution is 6.36. The molecule has 2 aromatic carbocycles. The van der Waals surface area contributed by atoms with E-state index in [0.29, 0.717) is 21.5 Å². The maximum Gasteiger partial charge on any atom is 0.276 e. The Hall–Kier alpha value is -2.77. The molecule has 0 spiro atoms. The summed E-state index contributed by atoms with van der Waals surface area (Å²) in [6.07, 6.45) is -0.200. The van der Waals surface area contributed by atoms with Gasteiger partial charge in [0.2, 0.25) is 11.8 Å². The van der Waals surface area contributed by atoms with Crippen molar-refractivity contribution in [1.29, 1.82) is 0 Å². The van der Waals surface area contributed by atoms with Crippen molar-refractivity contribution in [3.63, 3.8) is 0 Å². The molecule has 2 aromatic rings. The maximum atomic E-state index is 11.9. The minimum absolute atomic E-state index is 0.0838. The van der Waals surface area contributed by atoms with Gasteiger partial charge in [-0.15, -0.1) is 0 Å². The summed E-state index contributed by atoms with van der Waals surface area (Å²) < 4.78 is 5.50. The summed E-state index contributed by atoms with van der Waals surface area (Å²) >= 11 is 11.8. The summed E-state index contributed by atoms with van der Waals surface area (Å²) in [5.41, 5.74) is 6.72. The first-order valence-corrected chi connectivity index (χ1v) is 9.53. The number of aryl methyl sites for hydroxylation is 2. The van der Waals surface area contributed by atoms with E-state index in [2.05, 4.69) is 16.2 Å². The number of halogens is 2. The average Bonchev–Trinajstić information content (AvgIpc) is 2.66. The Morgan fingerprint density at radius 3 is 2.17 bits per heavy atom. The molecule has 2 rings (SSSR count). The van der Waals surface area contributed by atoms with Crippen LogP contribution in [0, 0.1) is 13.8 Å². The Balaban J connectivity index is 1.69. The monoisotopic (exact) mass is 437 g/mol. The number of para-hydroxylation sites is 1. The van der Waals surface area contributed by atoms with E-state index in [0.717, 1.165) is 11.1 Å². The van der Waals surface area contributed by atoms with E-state index in [-0.39, 0.29) is 19.4 Å². The number of benzene rings is 2. The van der Waals surface area contributed by atoms with E-state index in [4.69, 9.17) is 27.9 Å². The molecule has 7 nitrogen and oxygen atoms in total. The van der Waals surface area contributed by atoms with Crippen LogP contribution >= 0.6 is 23.2 Å². The zero-order valence-corrected chi connectivity index (χ0v) is 17.5. The van der Waals surface area contributed by atoms with Gasteiger partial charge in [-0.3, -0.25) is 25.2 Å². The van der Waals surface area contributed by atoms with Crippen LogP contribution in [0.3, 0.4) is 0 Å². The van der Waals surface area contributed by atoms with Gasteiger partial charge in [-0.2, -0.15) is 0 Å². The molecule has 0 unspecified atom stereocenters. The highest BCUT2D eigenvalue weighted by Gasteiger charge is 2.11. The first kappa shape index (κ1) is 22.5. The molecule has 3 N–H and O–H groups in total. The maximum absolute atomic E-state index is 11.9. The number of nitrogens with one attached hydrogen (secondary N) is 3. The fraction of sp³-hybridized carbons (Fsp3) is 0.250. The Kier molecular flexibility index (Phi) is 8.30. The summed E-state index contributed by atoms with van der Waals surface area (Å²) in [7, 11) is 0. The van der Waals surface area contributed by atoms with Crippen LogP contribution in [0.1, 0.15) is 24.0 Å². The van der Waals surface area contributed by atoms with Gasteiger partial charge in [0.1, 0.15) is 5.75 Å². The summed E-state index contributed by atoms with van der Waals surface area (Å²) in [5, 5.41) is 3.34. The standard InChI is InChI=1S/C20H21Cl2N3O4/c1-12-4-3-5-13(2)20(12)29-11-19(28)25-24-18(27)9-8-17(26)23-16-7-6-14(21)10-15(16)22/h3-7,10H,8-9,11H2,1-2H3,(H,23,26)(H,24,27)(H,25,28). The summed E-state index contributed by atoms with van der Waals surface area (Å²) in [4.78, 5) is 35.6. The highest BCUT2D eigenvalue weighted by Crippen LogP contribution is 2.25. The molecular weight excluding hydrogens is 417 g/mol. The number of carbonyl (C=O) groups is 3. The molecule has 154 valence electrons. The summed E-state index contributed by atoms with van der Waals surface area (Å²) in [6.45, 7) is 3.51. The van der Waals surface area contributed by atoms with E-state index in [1.54, 1.807) is 12.1 Å². The van der Waals surface area contributed by atoms with Gasteiger partial charge in [0.15, 0.2) is 6.61 Å². The van der Waals surface area contributed by atoms with Crippen LogP contribution < -0.4 is 20.9 Å². The van der Waals surface area contributed by atoms with Gasteiger partial charge in [0, 0.05) is 17.9 Å². The molecule has 0 bridgehead atoms. The van der Waals surface area contributed by atoms with Crippen LogP contribution in [-0.2, 0) is 14.4 Å². The molecule has 0 aromatic heterocycles. The zero-order chi connectivity index (χ0) is 21.4. The predicted octanol–water partition coefficient (Wildman–Crippen LogP) is 3.56. The molecule has 3 amide bonds. The number of amides is 3. The van der Waals surface area contributed by atoms with Crippen LogP contribution in [0.4, 0.5) is 5.69 Å². The molecule has 29 heavy (non-hydrogen) atoms. The third-order valence-corrected chi connectivity index (χ3v) is 4.43. The largest absolute Gasteiger partial charge is 0.483 e. The Bertz CT molecular complexity index is 898. The average molecular weight is 438 g/mol. The van der Waals surface area contributed by atoms with Gasteiger partial charge >= 0.3 is 0 Å². The lowest BCUT2D eigenvalue weighted by Crippen LogP contribution is -2.44. The van der Waals surface area contributed by atoms with Crippen molar-refractivity contribution in [3.8, 4) is 5.75 Å². The van der Waals surface area contributed by atoms with E-state index < -0.39 is 17.7 Å². The normalized spacial score (nSPS) is 10.2. The molecule has 9 heteroatoms. The van der Waals surface area contributed by atoms with Crippen LogP contribution in [0.5, 0.6) is 5.75 Å². The fourth-order valence-corrected chi connectivity index (χ4v) is 2.89. The highest BCUT2D eigenvalue weighted by atomic mass is 35.5. The molecular formula is C20H21Cl2N3O4. The lowest BCUT2D eigenvalue weighted by Gasteiger charge is -2.12. The van der Waals surface area contributed by atoms with Gasteiger partial charge in [-0.1, -0.05) is 41.4 Å². The van der Waals surface area contributed by atoms with Gasteiger partial charge < -0.3 is 10.1 Å². The van der Waals surface area contributed by atoms with Crippen molar-refractivity contribution in [2.75, 3.05) is 11.9 Å². The SMILES string of the molecule is Cc1cccc(C)c1OCC(=O)NNC(=O)CCC(=O)Nc1ccc(Cl)cc1Cl. The summed E-state index contributed by atoms with van der Waals surface area (Å²) in [5.74, 6) is -0.790. The van der Waals surface area contributed by atoms with E-state index in [1.165, 1.54) is 6.07 Å². The molecule has 0 saturated heterocycles. The minimum Gasteiger partial charge on any atom is -0.483 e. The van der Waals surface area contributed by atoms with Crippen LogP contribution in [0.25, 0.3) is 0 Å². The molecule has 0 saturated carbocycles. The van der Waals surface area contributed by atoms with Crippen molar-refractivity contribution in [1.82, 2.24) is 10.9 Å². The van der Waals surface area contributed by atoms with E-state index >= 15 is 0 Å². The number of carbonyl (C=O) groups excluding carboxylic acids is 3. The van der Waals surface area contributed by atoms with Gasteiger partial charge in [-0.05, 0) is 43.2 Å². The fourth-order valence-electron chi connectivity index (χ4n) is 2.43. The van der Waals surface area contributed by atoms with E-state index in [1.807, 2.05) is 32.0 Å². The molecule has 0 heterocycles. The van der Waals surface area contributed by atoms with Crippen LogP contribution in [-0.4, -0.2) is 24.3 Å². The van der Waals surface area contributed by atoms with Crippen molar-refractivity contribution in [2.24, 2.45) is 0 Å². The number of ether oxygens (including phenoxy) is 1. The third-order valence-electron chi connectivity index (χ3n) is 3.88. The quantitative estimate of drug-likeness (QED) is 0.576. The Labute approximate surface area is 178 Å². The van der Waals surface area contributed by atoms with Gasteiger partial charge in [0.05, 0.1) is 10.7 Å². The number of hydrazine groups is 1. The Morgan fingerprint density at radius 2 is 1.52 bits per heavy atom. The molecule has 0 atom stereocenters. The van der Waals surface area contributed by atoms with Crippen LogP contribution in [0.2, 0.25) is 10.0 Å². The minimum atomic E-state index is -0.515. The number of hydrogen-bond acceptors (Lipinski definition) is 4. The molecule has 0 fully saturated rings. The van der Waals surface area contributed by atoms with E-state index in [9.17, 15) is 14.4 Å². The predicted molar refractivity (Wildman–Crippen MR) is 112 cm³/mol. The van der Waals surface area contributed by atoms with Crippen LogP contribution in [0.15, 0.2) is 36.4 Å². The van der Waals surface area contributed by atoms with Crippen molar-refractivity contribution < 1.29 is 19.1 Å². The number of rotatable bonds is 7. The second-order valence-electron chi connectivity index (χ2n) is 6.28. The number of anilines is 1. The molecule has 0 radical (unpaired) electrons. The number of hydrogen-bond donors (Lipinski definition) is 3. The Morgan fingerprint density at radius 1 is 0.897 bits per heavy atom. The summed E-state index contributed by atoms with van der Waals surface area (Å²) in [6, 6.07) is 10.3. The molecule has 0 aliphatic heterocycles. The first-order valence-electron chi connectivity index (χ1n) is 8.78.